The number of Topliss-reactive ketones (excluding diaryl/α,β-unsaturated/α-hetero) is 1. The molecule has 0 bridgehead atoms. The molecule has 0 aromatic carbocycles. The van der Waals surface area contributed by atoms with Crippen molar-refractivity contribution in [2.24, 2.45) is 28.6 Å². The highest BCUT2D eigenvalue weighted by Crippen LogP contribution is 2.74. The Morgan fingerprint density at radius 1 is 1.00 bits per heavy atom. The van der Waals surface area contributed by atoms with Crippen LogP contribution in [0, 0.1) is 28.6 Å². The first-order valence-corrected chi connectivity index (χ1v) is 10.00. The number of epoxide rings is 1. The molecule has 0 radical (unpaired) electrons. The maximum atomic E-state index is 13.7. The molecule has 0 amide bonds. The number of ketones is 1. The minimum Gasteiger partial charge on any atom is -0.380 e. The molecule has 0 aromatic rings. The van der Waals surface area contributed by atoms with Crippen LogP contribution in [0.1, 0.15) is 65.2 Å². The van der Waals surface area contributed by atoms with E-state index in [2.05, 4.69) is 6.92 Å². The Labute approximate surface area is 151 Å². The van der Waals surface area contributed by atoms with Crippen LogP contribution in [0.2, 0.25) is 0 Å². The van der Waals surface area contributed by atoms with Crippen molar-refractivity contribution in [1.82, 2.24) is 0 Å². The lowest BCUT2D eigenvalue weighted by atomic mass is 9.44. The largest absolute Gasteiger partial charge is 0.417 e. The van der Waals surface area contributed by atoms with Gasteiger partial charge in [-0.25, -0.2) is 0 Å². The van der Waals surface area contributed by atoms with Crippen molar-refractivity contribution in [3.8, 4) is 0 Å². The molecule has 1 spiro atoms. The van der Waals surface area contributed by atoms with Gasteiger partial charge >= 0.3 is 6.18 Å². The summed E-state index contributed by atoms with van der Waals surface area (Å²) in [4.78, 5) is 12.1. The fourth-order valence-electron chi connectivity index (χ4n) is 7.98. The number of hydrogen-bond donors (Lipinski definition) is 1. The third-order valence-electron chi connectivity index (χ3n) is 9.57. The van der Waals surface area contributed by atoms with Crippen molar-refractivity contribution in [2.45, 2.75) is 88.7 Å². The third kappa shape index (κ3) is 1.68. The fourth-order valence-corrected chi connectivity index (χ4v) is 7.98. The Morgan fingerprint density at radius 2 is 1.65 bits per heavy atom. The second-order valence-corrected chi connectivity index (χ2v) is 10.0. The highest BCUT2D eigenvalue weighted by atomic mass is 19.4. The molecule has 5 fully saturated rings. The van der Waals surface area contributed by atoms with Gasteiger partial charge in [0.1, 0.15) is 11.7 Å². The lowest BCUT2D eigenvalue weighted by Gasteiger charge is -2.60. The number of aliphatic hydroxyl groups is 1. The zero-order valence-electron chi connectivity index (χ0n) is 15.4. The SMILES string of the molecule is C[C@]12CC[C@@H]3[C@@H](CCC45OC4C(=O)CC[C@]35C)[C@@H]1CCC2(O)C(F)(F)F. The van der Waals surface area contributed by atoms with Crippen molar-refractivity contribution in [2.75, 3.05) is 0 Å². The van der Waals surface area contributed by atoms with Crippen molar-refractivity contribution in [3.63, 3.8) is 0 Å². The van der Waals surface area contributed by atoms with Gasteiger partial charge in [-0.2, -0.15) is 13.2 Å². The van der Waals surface area contributed by atoms with Crippen LogP contribution in [0.4, 0.5) is 13.2 Å². The van der Waals surface area contributed by atoms with Crippen LogP contribution in [-0.2, 0) is 9.53 Å². The predicted molar refractivity (Wildman–Crippen MR) is 87.2 cm³/mol. The number of hydrogen-bond acceptors (Lipinski definition) is 3. The van der Waals surface area contributed by atoms with Crippen molar-refractivity contribution >= 4 is 5.78 Å². The summed E-state index contributed by atoms with van der Waals surface area (Å²) in [6, 6.07) is 0. The van der Waals surface area contributed by atoms with E-state index in [0.29, 0.717) is 31.6 Å². The van der Waals surface area contributed by atoms with Gasteiger partial charge in [0.2, 0.25) is 0 Å². The van der Waals surface area contributed by atoms with E-state index in [1.54, 1.807) is 6.92 Å². The van der Waals surface area contributed by atoms with Crippen LogP contribution < -0.4 is 0 Å². The quantitative estimate of drug-likeness (QED) is 0.654. The maximum absolute atomic E-state index is 13.7. The first kappa shape index (κ1) is 17.5. The Kier molecular flexibility index (Phi) is 3.14. The molecule has 3 unspecified atom stereocenters. The number of ether oxygens (including phenoxy) is 1. The summed E-state index contributed by atoms with van der Waals surface area (Å²) < 4.78 is 47.2. The van der Waals surface area contributed by atoms with E-state index in [1.807, 2.05) is 0 Å². The third-order valence-corrected chi connectivity index (χ3v) is 9.57. The van der Waals surface area contributed by atoms with Crippen molar-refractivity contribution < 1.29 is 27.8 Å². The lowest BCUT2D eigenvalue weighted by Crippen LogP contribution is -2.62. The van der Waals surface area contributed by atoms with E-state index >= 15 is 0 Å². The number of halogens is 3. The molecule has 1 aliphatic heterocycles. The average Bonchev–Trinajstić information content (AvgIpc) is 3.24. The molecule has 1 saturated heterocycles. The van der Waals surface area contributed by atoms with Gasteiger partial charge in [0, 0.05) is 17.3 Å². The van der Waals surface area contributed by atoms with Crippen LogP contribution in [0.15, 0.2) is 0 Å². The summed E-state index contributed by atoms with van der Waals surface area (Å²) in [5.74, 6) is 0.590. The molecule has 4 saturated carbocycles. The van der Waals surface area contributed by atoms with Gasteiger partial charge < -0.3 is 9.84 Å². The molecule has 26 heavy (non-hydrogen) atoms. The highest BCUT2D eigenvalue weighted by molar-refractivity contribution is 5.88. The smallest absolute Gasteiger partial charge is 0.380 e. The van der Waals surface area contributed by atoms with Crippen LogP contribution in [0.3, 0.4) is 0 Å². The molecular weight excluding hydrogens is 345 g/mol. The van der Waals surface area contributed by atoms with Gasteiger partial charge in [-0.05, 0) is 62.7 Å². The number of alkyl halides is 3. The molecule has 5 rings (SSSR count). The van der Waals surface area contributed by atoms with Crippen LogP contribution in [0.25, 0.3) is 0 Å². The van der Waals surface area contributed by atoms with E-state index in [1.165, 1.54) is 0 Å². The van der Waals surface area contributed by atoms with E-state index in [0.717, 1.165) is 19.3 Å². The second kappa shape index (κ2) is 4.68. The van der Waals surface area contributed by atoms with E-state index in [-0.39, 0.29) is 41.2 Å². The lowest BCUT2D eigenvalue weighted by molar-refractivity contribution is -0.304. The van der Waals surface area contributed by atoms with Gasteiger partial charge in [0.25, 0.3) is 0 Å². The molecule has 146 valence electrons. The van der Waals surface area contributed by atoms with E-state index < -0.39 is 17.2 Å². The van der Waals surface area contributed by atoms with E-state index in [4.69, 9.17) is 4.74 Å². The van der Waals surface area contributed by atoms with Crippen molar-refractivity contribution in [1.29, 1.82) is 0 Å². The minimum atomic E-state index is -4.58. The zero-order chi connectivity index (χ0) is 18.8. The summed E-state index contributed by atoms with van der Waals surface area (Å²) in [7, 11) is 0. The van der Waals surface area contributed by atoms with Crippen LogP contribution in [0.5, 0.6) is 0 Å². The van der Waals surface area contributed by atoms with Crippen molar-refractivity contribution in [3.05, 3.63) is 0 Å². The van der Waals surface area contributed by atoms with Gasteiger partial charge in [-0.3, -0.25) is 4.79 Å². The van der Waals surface area contributed by atoms with Gasteiger partial charge in [-0.15, -0.1) is 0 Å². The second-order valence-electron chi connectivity index (χ2n) is 10.0. The standard InChI is InChI=1S/C20H27F3O3/c1-16-8-6-14(24)15-18(16,26-15)9-3-11-12(16)4-7-17(2)13(11)5-10-19(17,25)20(21,22)23/h11-13,15,25H,3-10H2,1-2H3/t11-,12-,13+,15?,16-,17+,18?,19?/m1/s1. The Bertz CT molecular complexity index is 678. The topological polar surface area (TPSA) is 49.8 Å². The van der Waals surface area contributed by atoms with E-state index in [9.17, 15) is 23.1 Å². The Morgan fingerprint density at radius 3 is 2.35 bits per heavy atom. The summed E-state index contributed by atoms with van der Waals surface area (Å²) in [5.41, 5.74) is -4.13. The number of fused-ring (bicyclic) bond motifs is 4. The molecule has 8 atom stereocenters. The average molecular weight is 372 g/mol. The van der Waals surface area contributed by atoms with Gasteiger partial charge in [0.05, 0.1) is 0 Å². The Hall–Kier alpha value is -0.620. The normalized spacial score (nSPS) is 58.5. The molecular formula is C20H27F3O3. The van der Waals surface area contributed by atoms with Gasteiger partial charge in [0.15, 0.2) is 11.4 Å². The number of carbonyl (C=O) groups is 1. The van der Waals surface area contributed by atoms with Crippen LogP contribution in [-0.4, -0.2) is 34.4 Å². The molecule has 0 aromatic heterocycles. The fraction of sp³-hybridized carbons (Fsp3) is 0.950. The summed E-state index contributed by atoms with van der Waals surface area (Å²) in [6.07, 6.45) is -0.581. The first-order chi connectivity index (χ1) is 12.0. The minimum absolute atomic E-state index is 0.100. The van der Waals surface area contributed by atoms with Gasteiger partial charge in [-0.1, -0.05) is 13.8 Å². The molecule has 5 aliphatic rings. The Balaban J connectivity index is 1.50. The molecule has 6 heteroatoms. The van der Waals surface area contributed by atoms with Crippen LogP contribution >= 0.6 is 0 Å². The highest BCUT2D eigenvalue weighted by Gasteiger charge is 2.78. The molecule has 4 aliphatic carbocycles. The summed E-state index contributed by atoms with van der Waals surface area (Å²) >= 11 is 0. The predicted octanol–water partition coefficient (Wildman–Crippen LogP) is 4.02. The summed E-state index contributed by atoms with van der Waals surface area (Å²) in [6.45, 7) is 3.88. The first-order valence-electron chi connectivity index (χ1n) is 10.00. The maximum Gasteiger partial charge on any atom is 0.417 e. The molecule has 1 heterocycles. The molecule has 1 N–H and O–H groups in total. The zero-order valence-corrected chi connectivity index (χ0v) is 15.4. The summed E-state index contributed by atoms with van der Waals surface area (Å²) in [5, 5.41) is 10.7. The molecule has 3 nitrogen and oxygen atoms in total. The number of carbonyl (C=O) groups excluding carboxylic acids is 1. The number of rotatable bonds is 0. The monoisotopic (exact) mass is 372 g/mol.